The van der Waals surface area contributed by atoms with E-state index in [4.69, 9.17) is 10.4 Å². The Kier molecular flexibility index (Phi) is 2.95. The maximum Gasteiger partial charge on any atom is 0.116 e. The van der Waals surface area contributed by atoms with Gasteiger partial charge in [0.05, 0.1) is 11.4 Å². The second-order valence-electron chi connectivity index (χ2n) is 3.02. The second-order valence-corrected chi connectivity index (χ2v) is 3.02. The van der Waals surface area contributed by atoms with Crippen LogP contribution in [0.2, 0.25) is 0 Å². The number of rotatable bonds is 3. The van der Waals surface area contributed by atoms with Gasteiger partial charge in [-0.25, -0.2) is 0 Å². The molecule has 0 fully saturated rings. The molecular formula is C10H10N4O2. The van der Waals surface area contributed by atoms with E-state index in [-0.39, 0.29) is 0 Å². The van der Waals surface area contributed by atoms with E-state index < -0.39 is 0 Å². The van der Waals surface area contributed by atoms with Crippen LogP contribution in [0.25, 0.3) is 11.4 Å². The third-order valence-electron chi connectivity index (χ3n) is 2.08. The van der Waals surface area contributed by atoms with Gasteiger partial charge >= 0.3 is 0 Å². The predicted molar refractivity (Wildman–Crippen MR) is 58.3 cm³/mol. The van der Waals surface area contributed by atoms with Gasteiger partial charge in [0.1, 0.15) is 11.4 Å². The van der Waals surface area contributed by atoms with Gasteiger partial charge in [-0.3, -0.25) is 31.3 Å². The lowest BCUT2D eigenvalue weighted by molar-refractivity contribution is 0.387. The summed E-state index contributed by atoms with van der Waals surface area (Å²) in [4.78, 5) is 8.18. The second kappa shape index (κ2) is 4.56. The fraction of sp³-hybridized carbons (Fsp3) is 0. The molecule has 0 aliphatic rings. The quantitative estimate of drug-likeness (QED) is 0.587. The highest BCUT2D eigenvalue weighted by Gasteiger charge is 2.11. The van der Waals surface area contributed by atoms with Crippen molar-refractivity contribution in [2.24, 2.45) is 0 Å². The summed E-state index contributed by atoms with van der Waals surface area (Å²) < 4.78 is 0. The van der Waals surface area contributed by atoms with E-state index in [1.165, 1.54) is 0 Å². The van der Waals surface area contributed by atoms with Crippen LogP contribution in [-0.2, 0) is 0 Å². The third kappa shape index (κ3) is 1.79. The Hall–Kier alpha value is -2.18. The maximum atomic E-state index is 8.94. The number of pyridine rings is 2. The van der Waals surface area contributed by atoms with Crippen LogP contribution in [-0.4, -0.2) is 20.4 Å². The first-order valence-electron chi connectivity index (χ1n) is 4.57. The average molecular weight is 218 g/mol. The van der Waals surface area contributed by atoms with Gasteiger partial charge in [0.15, 0.2) is 0 Å². The Bertz CT molecular complexity index is 444. The Balaban J connectivity index is 2.58. The van der Waals surface area contributed by atoms with Crippen molar-refractivity contribution < 1.29 is 10.4 Å². The number of hydrogen-bond acceptors (Lipinski definition) is 6. The zero-order chi connectivity index (χ0) is 11.4. The standard InChI is InChI=1S/C10H10N4O2/c15-13-7-3-1-5-11-9(7)10-8(14-16)4-2-6-12-10/h1-6,13-16H. The minimum absolute atomic E-state index is 0.415. The number of anilines is 2. The zero-order valence-electron chi connectivity index (χ0n) is 8.25. The number of nitrogens with zero attached hydrogens (tertiary/aromatic N) is 2. The predicted octanol–water partition coefficient (Wildman–Crippen LogP) is 1.75. The van der Waals surface area contributed by atoms with Gasteiger partial charge in [-0.2, -0.15) is 0 Å². The Labute approximate surface area is 91.5 Å². The van der Waals surface area contributed by atoms with Crippen LogP contribution in [0.15, 0.2) is 36.7 Å². The lowest BCUT2D eigenvalue weighted by Gasteiger charge is -2.09. The molecule has 6 nitrogen and oxygen atoms in total. The molecule has 82 valence electrons. The molecule has 0 aliphatic heterocycles. The number of hydrogen-bond donors (Lipinski definition) is 4. The molecule has 6 heteroatoms. The summed E-state index contributed by atoms with van der Waals surface area (Å²) >= 11 is 0. The van der Waals surface area contributed by atoms with Gasteiger partial charge in [-0.1, -0.05) is 0 Å². The molecule has 2 aromatic heterocycles. The normalized spacial score (nSPS) is 9.88. The highest BCUT2D eigenvalue weighted by atomic mass is 16.5. The molecule has 0 atom stereocenters. The van der Waals surface area contributed by atoms with Crippen LogP contribution in [0.1, 0.15) is 0 Å². The molecule has 0 saturated carbocycles. The molecule has 0 aromatic carbocycles. The zero-order valence-corrected chi connectivity index (χ0v) is 8.25. The molecule has 4 N–H and O–H groups in total. The summed E-state index contributed by atoms with van der Waals surface area (Å²) in [6, 6.07) is 6.66. The molecule has 0 saturated heterocycles. The van der Waals surface area contributed by atoms with Gasteiger partial charge in [-0.15, -0.1) is 0 Å². The van der Waals surface area contributed by atoms with E-state index in [0.717, 1.165) is 0 Å². The lowest BCUT2D eigenvalue weighted by Crippen LogP contribution is -2.00. The molecule has 16 heavy (non-hydrogen) atoms. The van der Waals surface area contributed by atoms with Crippen molar-refractivity contribution >= 4 is 11.4 Å². The van der Waals surface area contributed by atoms with Crippen molar-refractivity contribution in [2.45, 2.75) is 0 Å². The molecule has 2 heterocycles. The minimum atomic E-state index is 0.415. The topological polar surface area (TPSA) is 90.3 Å². The summed E-state index contributed by atoms with van der Waals surface area (Å²) in [7, 11) is 0. The molecule has 0 spiro atoms. The van der Waals surface area contributed by atoms with Gasteiger partial charge in [-0.05, 0) is 24.3 Å². The average Bonchev–Trinajstić information content (AvgIpc) is 2.38. The Morgan fingerprint density at radius 2 is 1.25 bits per heavy atom. The largest absolute Gasteiger partial charge is 0.291 e. The third-order valence-corrected chi connectivity index (χ3v) is 2.08. The summed E-state index contributed by atoms with van der Waals surface area (Å²) in [6.45, 7) is 0. The molecule has 2 aromatic rings. The fourth-order valence-electron chi connectivity index (χ4n) is 1.37. The first-order chi connectivity index (χ1) is 7.86. The van der Waals surface area contributed by atoms with Crippen molar-refractivity contribution in [3.63, 3.8) is 0 Å². The molecule has 0 amide bonds. The van der Waals surface area contributed by atoms with Crippen LogP contribution in [0.3, 0.4) is 0 Å². The van der Waals surface area contributed by atoms with Gasteiger partial charge in [0.2, 0.25) is 0 Å². The van der Waals surface area contributed by atoms with Crippen LogP contribution >= 0.6 is 0 Å². The minimum Gasteiger partial charge on any atom is -0.291 e. The molecular weight excluding hydrogens is 208 g/mol. The maximum absolute atomic E-state index is 8.94. The highest BCUT2D eigenvalue weighted by Crippen LogP contribution is 2.28. The van der Waals surface area contributed by atoms with Gasteiger partial charge in [0, 0.05) is 12.4 Å². The molecule has 0 unspecified atom stereocenters. The fourth-order valence-corrected chi connectivity index (χ4v) is 1.37. The summed E-state index contributed by atoms with van der Waals surface area (Å²) in [5.74, 6) is 0. The summed E-state index contributed by atoms with van der Waals surface area (Å²) in [5.41, 5.74) is 5.79. The lowest BCUT2D eigenvalue weighted by atomic mass is 10.2. The van der Waals surface area contributed by atoms with Gasteiger partial charge < -0.3 is 0 Å². The monoisotopic (exact) mass is 218 g/mol. The van der Waals surface area contributed by atoms with Gasteiger partial charge in [0.25, 0.3) is 0 Å². The Morgan fingerprint density at radius 3 is 1.62 bits per heavy atom. The van der Waals surface area contributed by atoms with Crippen LogP contribution in [0.5, 0.6) is 0 Å². The molecule has 0 bridgehead atoms. The van der Waals surface area contributed by atoms with Crippen molar-refractivity contribution in [3.8, 4) is 11.4 Å². The van der Waals surface area contributed by atoms with Crippen LogP contribution in [0, 0.1) is 0 Å². The van der Waals surface area contributed by atoms with Crippen LogP contribution < -0.4 is 11.0 Å². The first kappa shape index (κ1) is 10.3. The number of nitrogens with one attached hydrogen (secondary N) is 2. The van der Waals surface area contributed by atoms with E-state index in [0.29, 0.717) is 22.8 Å². The first-order valence-corrected chi connectivity index (χ1v) is 4.57. The number of aromatic nitrogens is 2. The van der Waals surface area contributed by atoms with Crippen LogP contribution in [0.4, 0.5) is 11.4 Å². The van der Waals surface area contributed by atoms with Crippen molar-refractivity contribution in [1.29, 1.82) is 0 Å². The summed E-state index contributed by atoms with van der Waals surface area (Å²) in [6.07, 6.45) is 3.15. The van der Waals surface area contributed by atoms with Crippen molar-refractivity contribution in [1.82, 2.24) is 9.97 Å². The van der Waals surface area contributed by atoms with E-state index in [9.17, 15) is 0 Å². The van der Waals surface area contributed by atoms with E-state index in [1.54, 1.807) is 36.7 Å². The van der Waals surface area contributed by atoms with E-state index in [2.05, 4.69) is 9.97 Å². The van der Waals surface area contributed by atoms with Crippen molar-refractivity contribution in [3.05, 3.63) is 36.7 Å². The molecule has 0 aliphatic carbocycles. The SMILES string of the molecule is ONc1cccnc1-c1ncccc1NO. The molecule has 2 rings (SSSR count). The smallest absolute Gasteiger partial charge is 0.116 e. The molecule has 0 radical (unpaired) electrons. The van der Waals surface area contributed by atoms with E-state index in [1.807, 2.05) is 11.0 Å². The highest BCUT2D eigenvalue weighted by molar-refractivity contribution is 5.79. The van der Waals surface area contributed by atoms with E-state index >= 15 is 0 Å². The Morgan fingerprint density at radius 1 is 0.812 bits per heavy atom. The van der Waals surface area contributed by atoms with Crippen molar-refractivity contribution in [2.75, 3.05) is 11.0 Å². The summed E-state index contributed by atoms with van der Waals surface area (Å²) in [5, 5.41) is 17.9.